The molecule has 0 aromatic rings. The number of piperidine rings is 1. The molecule has 2 aliphatic rings. The van der Waals surface area contributed by atoms with Crippen molar-refractivity contribution >= 4 is 5.84 Å². The molecule has 2 heterocycles. The van der Waals surface area contributed by atoms with E-state index >= 15 is 0 Å². The van der Waals surface area contributed by atoms with E-state index in [2.05, 4.69) is 29.3 Å². The van der Waals surface area contributed by atoms with Gasteiger partial charge >= 0.3 is 0 Å². The Morgan fingerprint density at radius 2 is 1.81 bits per heavy atom. The Kier molecular flexibility index (Phi) is 4.22. The molecule has 0 aliphatic carbocycles. The fraction of sp³-hybridized carbons (Fsp3) is 0.923. The fourth-order valence-corrected chi connectivity index (χ4v) is 2.76. The van der Waals surface area contributed by atoms with Gasteiger partial charge in [-0.3, -0.25) is 4.99 Å². The summed E-state index contributed by atoms with van der Waals surface area (Å²) >= 11 is 0. The molecular formula is C13H25N3. The number of nitrogens with one attached hydrogen (secondary N) is 1. The van der Waals surface area contributed by atoms with Crippen LogP contribution >= 0.6 is 0 Å². The molecule has 0 radical (unpaired) electrons. The average Bonchev–Trinajstić information content (AvgIpc) is 2.52. The maximum absolute atomic E-state index is 4.65. The molecule has 2 aliphatic heterocycles. The van der Waals surface area contributed by atoms with Crippen LogP contribution in [0.1, 0.15) is 58.8 Å². The zero-order chi connectivity index (χ0) is 11.4. The van der Waals surface area contributed by atoms with Crippen molar-refractivity contribution in [3.8, 4) is 0 Å². The van der Waals surface area contributed by atoms with Crippen LogP contribution in [-0.4, -0.2) is 29.5 Å². The zero-order valence-corrected chi connectivity index (χ0v) is 10.7. The van der Waals surface area contributed by atoms with Crippen LogP contribution in [0.25, 0.3) is 0 Å². The minimum absolute atomic E-state index is 0.648. The highest BCUT2D eigenvalue weighted by atomic mass is 15.5. The minimum atomic E-state index is 0.648. The number of rotatable bonds is 1. The molecule has 1 N–H and O–H groups in total. The minimum Gasteiger partial charge on any atom is -0.306 e. The monoisotopic (exact) mass is 223 g/mol. The Hall–Kier alpha value is -0.570. The molecule has 1 fully saturated rings. The number of hydrogen-bond donors (Lipinski definition) is 1. The van der Waals surface area contributed by atoms with E-state index in [-0.39, 0.29) is 0 Å². The molecule has 2 atom stereocenters. The van der Waals surface area contributed by atoms with E-state index in [0.29, 0.717) is 12.1 Å². The molecule has 0 aromatic heterocycles. The van der Waals surface area contributed by atoms with Crippen LogP contribution in [0.5, 0.6) is 0 Å². The van der Waals surface area contributed by atoms with E-state index in [1.54, 1.807) is 0 Å². The molecule has 3 heteroatoms. The van der Waals surface area contributed by atoms with Gasteiger partial charge in [0, 0.05) is 25.0 Å². The second-order valence-corrected chi connectivity index (χ2v) is 5.29. The van der Waals surface area contributed by atoms with Crippen LogP contribution in [0.15, 0.2) is 4.99 Å². The lowest BCUT2D eigenvalue weighted by Gasteiger charge is -2.39. The summed E-state index contributed by atoms with van der Waals surface area (Å²) in [7, 11) is 0. The van der Waals surface area contributed by atoms with E-state index in [1.807, 2.05) is 0 Å². The van der Waals surface area contributed by atoms with Gasteiger partial charge in [0.25, 0.3) is 0 Å². The summed E-state index contributed by atoms with van der Waals surface area (Å²) in [5.41, 5.74) is 3.58. The van der Waals surface area contributed by atoms with Gasteiger partial charge in [-0.15, -0.1) is 0 Å². The molecule has 0 bridgehead atoms. The van der Waals surface area contributed by atoms with Gasteiger partial charge in [0.1, 0.15) is 5.84 Å². The molecule has 0 spiro atoms. The third kappa shape index (κ3) is 2.97. The van der Waals surface area contributed by atoms with Gasteiger partial charge in [-0.2, -0.15) is 0 Å². The summed E-state index contributed by atoms with van der Waals surface area (Å²) in [6.07, 6.45) is 9.01. The lowest BCUT2D eigenvalue weighted by atomic mass is 10.00. The van der Waals surface area contributed by atoms with E-state index in [0.717, 1.165) is 13.0 Å². The molecule has 16 heavy (non-hydrogen) atoms. The third-order valence-electron chi connectivity index (χ3n) is 3.83. The van der Waals surface area contributed by atoms with E-state index in [9.17, 15) is 0 Å². The molecule has 2 unspecified atom stereocenters. The SMILES string of the molecule is CC1CCCC(C)N1NC1=NCCCCC1. The maximum Gasteiger partial charge on any atom is 0.111 e. The van der Waals surface area contributed by atoms with E-state index in [4.69, 9.17) is 0 Å². The molecule has 1 saturated heterocycles. The Balaban J connectivity index is 1.93. The van der Waals surface area contributed by atoms with Gasteiger partial charge in [0.05, 0.1) is 0 Å². The molecule has 0 aromatic carbocycles. The Labute approximate surface area is 99.3 Å². The van der Waals surface area contributed by atoms with Crippen molar-refractivity contribution in [2.45, 2.75) is 70.9 Å². The highest BCUT2D eigenvalue weighted by Gasteiger charge is 2.25. The number of aliphatic imine (C=N–C) groups is 1. The molecule has 3 nitrogen and oxygen atoms in total. The van der Waals surface area contributed by atoms with Crippen LogP contribution in [-0.2, 0) is 0 Å². The Bertz CT molecular complexity index is 240. The van der Waals surface area contributed by atoms with E-state index < -0.39 is 0 Å². The molecule has 92 valence electrons. The second kappa shape index (κ2) is 5.67. The standard InChI is InChI=1S/C13H25N3/c1-11-7-6-8-12(2)16(11)15-13-9-4-3-5-10-14-13/h11-12H,3-10H2,1-2H3,(H,14,15). The predicted molar refractivity (Wildman–Crippen MR) is 68.5 cm³/mol. The summed E-state index contributed by atoms with van der Waals surface area (Å²) in [6.45, 7) is 5.65. The van der Waals surface area contributed by atoms with Crippen molar-refractivity contribution < 1.29 is 0 Å². The van der Waals surface area contributed by atoms with Crippen molar-refractivity contribution in [1.29, 1.82) is 0 Å². The smallest absolute Gasteiger partial charge is 0.111 e. The molecule has 0 saturated carbocycles. The lowest BCUT2D eigenvalue weighted by Crippen LogP contribution is -2.54. The number of nitrogens with zero attached hydrogens (tertiary/aromatic N) is 2. The van der Waals surface area contributed by atoms with Gasteiger partial charge in [0.15, 0.2) is 0 Å². The van der Waals surface area contributed by atoms with Crippen LogP contribution in [0.2, 0.25) is 0 Å². The van der Waals surface area contributed by atoms with Crippen molar-refractivity contribution in [3.63, 3.8) is 0 Å². The first-order chi connectivity index (χ1) is 7.77. The summed E-state index contributed by atoms with van der Waals surface area (Å²) in [5, 5.41) is 2.42. The number of hydrogen-bond acceptors (Lipinski definition) is 3. The Morgan fingerprint density at radius 1 is 1.06 bits per heavy atom. The van der Waals surface area contributed by atoms with E-state index in [1.165, 1.54) is 44.4 Å². The van der Waals surface area contributed by atoms with Gasteiger partial charge < -0.3 is 5.43 Å². The van der Waals surface area contributed by atoms with Crippen molar-refractivity contribution in [1.82, 2.24) is 10.4 Å². The predicted octanol–water partition coefficient (Wildman–Crippen LogP) is 2.73. The lowest BCUT2D eigenvalue weighted by molar-refractivity contribution is 0.0731. The van der Waals surface area contributed by atoms with Gasteiger partial charge in [0.2, 0.25) is 0 Å². The second-order valence-electron chi connectivity index (χ2n) is 5.29. The molecule has 0 amide bonds. The van der Waals surface area contributed by atoms with Crippen LogP contribution in [0, 0.1) is 0 Å². The van der Waals surface area contributed by atoms with Crippen LogP contribution < -0.4 is 5.43 Å². The zero-order valence-electron chi connectivity index (χ0n) is 10.7. The van der Waals surface area contributed by atoms with Crippen LogP contribution in [0.4, 0.5) is 0 Å². The first-order valence-corrected chi connectivity index (χ1v) is 6.85. The Morgan fingerprint density at radius 3 is 2.56 bits per heavy atom. The summed E-state index contributed by atoms with van der Waals surface area (Å²) in [5.74, 6) is 1.22. The van der Waals surface area contributed by atoms with Gasteiger partial charge in [-0.1, -0.05) is 12.8 Å². The van der Waals surface area contributed by atoms with Crippen molar-refractivity contribution in [2.24, 2.45) is 4.99 Å². The maximum atomic E-state index is 4.65. The summed E-state index contributed by atoms with van der Waals surface area (Å²) < 4.78 is 0. The first-order valence-electron chi connectivity index (χ1n) is 6.85. The highest BCUT2D eigenvalue weighted by molar-refractivity contribution is 5.81. The average molecular weight is 223 g/mol. The largest absolute Gasteiger partial charge is 0.306 e. The molecule has 2 rings (SSSR count). The summed E-state index contributed by atoms with van der Waals surface area (Å²) in [6, 6.07) is 1.30. The summed E-state index contributed by atoms with van der Waals surface area (Å²) in [4.78, 5) is 4.65. The van der Waals surface area contributed by atoms with Gasteiger partial charge in [-0.25, -0.2) is 5.01 Å². The highest BCUT2D eigenvalue weighted by Crippen LogP contribution is 2.20. The van der Waals surface area contributed by atoms with Crippen LogP contribution in [0.3, 0.4) is 0 Å². The molecular weight excluding hydrogens is 198 g/mol. The third-order valence-corrected chi connectivity index (χ3v) is 3.83. The normalized spacial score (nSPS) is 33.0. The number of amidine groups is 1. The fourth-order valence-electron chi connectivity index (χ4n) is 2.76. The number of hydrazine groups is 1. The van der Waals surface area contributed by atoms with Crippen molar-refractivity contribution in [3.05, 3.63) is 0 Å². The topological polar surface area (TPSA) is 27.6 Å². The van der Waals surface area contributed by atoms with Gasteiger partial charge in [-0.05, 0) is 39.5 Å². The van der Waals surface area contributed by atoms with Crippen molar-refractivity contribution in [2.75, 3.05) is 6.54 Å². The quantitative estimate of drug-likeness (QED) is 0.740. The first kappa shape index (κ1) is 11.9.